The van der Waals surface area contributed by atoms with E-state index in [1.165, 1.54) is 0 Å². The van der Waals surface area contributed by atoms with Crippen molar-refractivity contribution in [2.24, 2.45) is 0 Å². The number of esters is 2. The van der Waals surface area contributed by atoms with Gasteiger partial charge in [0.15, 0.2) is 6.61 Å². The van der Waals surface area contributed by atoms with Gasteiger partial charge in [0.1, 0.15) is 0 Å². The minimum absolute atomic E-state index is 0.131. The molecular formula is C21H23NO4. The van der Waals surface area contributed by atoms with E-state index in [4.69, 9.17) is 15.9 Å². The zero-order chi connectivity index (χ0) is 19.3. The molecule has 1 heterocycles. The van der Waals surface area contributed by atoms with Crippen LogP contribution in [0.5, 0.6) is 0 Å². The van der Waals surface area contributed by atoms with Gasteiger partial charge in [-0.3, -0.25) is 0 Å². The lowest BCUT2D eigenvalue weighted by Gasteiger charge is -2.31. The highest BCUT2D eigenvalue weighted by Crippen LogP contribution is 2.40. The molecule has 26 heavy (non-hydrogen) atoms. The van der Waals surface area contributed by atoms with Gasteiger partial charge in [0.2, 0.25) is 0 Å². The molecule has 1 unspecified atom stereocenters. The van der Waals surface area contributed by atoms with Crippen molar-refractivity contribution in [1.82, 2.24) is 5.32 Å². The van der Waals surface area contributed by atoms with Gasteiger partial charge in [-0.25, -0.2) is 9.59 Å². The van der Waals surface area contributed by atoms with Crippen LogP contribution in [0.25, 0.3) is 0 Å². The summed E-state index contributed by atoms with van der Waals surface area (Å²) in [6.45, 7) is 7.38. The number of allylic oxidation sites excluding steroid dienone is 2. The van der Waals surface area contributed by atoms with E-state index >= 15 is 0 Å². The Hall–Kier alpha value is -3.00. The molecule has 0 amide bonds. The number of carbonyl (C=O) groups excluding carboxylic acids is 2. The van der Waals surface area contributed by atoms with Crippen LogP contribution in [0.15, 0.2) is 46.8 Å². The molecule has 1 aliphatic rings. The summed E-state index contributed by atoms with van der Waals surface area (Å²) in [5.41, 5.74) is 3.86. The fourth-order valence-corrected chi connectivity index (χ4v) is 3.15. The topological polar surface area (TPSA) is 64.6 Å². The lowest BCUT2D eigenvalue weighted by Crippen LogP contribution is -2.32. The maximum absolute atomic E-state index is 12.7. The maximum Gasteiger partial charge on any atom is 0.337 e. The first kappa shape index (κ1) is 19.3. The number of hydrogen-bond acceptors (Lipinski definition) is 5. The predicted octanol–water partition coefficient (Wildman–Crippen LogP) is 2.97. The van der Waals surface area contributed by atoms with Gasteiger partial charge < -0.3 is 14.8 Å². The van der Waals surface area contributed by atoms with Gasteiger partial charge in [0.05, 0.1) is 23.7 Å². The molecule has 1 aromatic rings. The van der Waals surface area contributed by atoms with Crippen molar-refractivity contribution in [3.8, 4) is 12.3 Å². The van der Waals surface area contributed by atoms with Crippen molar-refractivity contribution < 1.29 is 19.1 Å². The molecule has 1 aromatic carbocycles. The van der Waals surface area contributed by atoms with E-state index < -0.39 is 17.9 Å². The van der Waals surface area contributed by atoms with Gasteiger partial charge in [0.25, 0.3) is 0 Å². The number of benzene rings is 1. The molecule has 0 spiro atoms. The summed E-state index contributed by atoms with van der Waals surface area (Å²) >= 11 is 0. The number of aryl methyl sites for hydroxylation is 1. The first-order valence-corrected chi connectivity index (χ1v) is 8.44. The largest absolute Gasteiger partial charge is 0.463 e. The van der Waals surface area contributed by atoms with E-state index in [0.717, 1.165) is 11.1 Å². The van der Waals surface area contributed by atoms with Crippen molar-refractivity contribution in [2.45, 2.75) is 33.6 Å². The summed E-state index contributed by atoms with van der Waals surface area (Å²) in [6, 6.07) is 7.63. The van der Waals surface area contributed by atoms with Gasteiger partial charge in [-0.1, -0.05) is 30.2 Å². The number of hydrogen-bond donors (Lipinski definition) is 1. The van der Waals surface area contributed by atoms with Crippen molar-refractivity contribution in [3.63, 3.8) is 0 Å². The Morgan fingerprint density at radius 2 is 1.65 bits per heavy atom. The van der Waals surface area contributed by atoms with Crippen LogP contribution in [0.1, 0.15) is 37.8 Å². The normalized spacial score (nSPS) is 16.7. The molecular weight excluding hydrogens is 330 g/mol. The van der Waals surface area contributed by atoms with Crippen LogP contribution in [0, 0.1) is 19.3 Å². The second-order valence-electron chi connectivity index (χ2n) is 5.99. The predicted molar refractivity (Wildman–Crippen MR) is 98.9 cm³/mol. The van der Waals surface area contributed by atoms with Crippen molar-refractivity contribution in [3.05, 3.63) is 57.9 Å². The van der Waals surface area contributed by atoms with Gasteiger partial charge in [0, 0.05) is 11.4 Å². The Morgan fingerprint density at radius 1 is 1.08 bits per heavy atom. The first-order chi connectivity index (χ1) is 12.4. The third-order valence-electron chi connectivity index (χ3n) is 4.26. The molecule has 0 aliphatic carbocycles. The number of carbonyl (C=O) groups is 2. The van der Waals surface area contributed by atoms with Crippen LogP contribution in [0.3, 0.4) is 0 Å². The lowest BCUT2D eigenvalue weighted by atomic mass is 9.79. The molecule has 0 radical (unpaired) electrons. The zero-order valence-electron chi connectivity index (χ0n) is 15.5. The standard InChI is InChI=1S/C21H23NO4/c1-6-12-26-21(24)18-15(5)22-14(4)17(20(23)25-7-2)19(18)16-11-9-8-10-13(16)3/h1,8-11,19,22H,7,12H2,2-5H3. The minimum atomic E-state index is -0.582. The second kappa shape index (κ2) is 8.39. The number of rotatable bonds is 5. The molecule has 0 saturated heterocycles. The molecule has 5 heteroatoms. The van der Waals surface area contributed by atoms with E-state index in [-0.39, 0.29) is 13.2 Å². The highest BCUT2D eigenvalue weighted by Gasteiger charge is 2.38. The summed E-state index contributed by atoms with van der Waals surface area (Å²) in [6.07, 6.45) is 5.21. The maximum atomic E-state index is 12.7. The van der Waals surface area contributed by atoms with Gasteiger partial charge in [-0.15, -0.1) is 6.42 Å². The summed E-state index contributed by atoms with van der Waals surface area (Å²) in [5.74, 6) is 0.706. The fraction of sp³-hybridized carbons (Fsp3) is 0.333. The Morgan fingerprint density at radius 3 is 2.19 bits per heavy atom. The van der Waals surface area contributed by atoms with E-state index in [2.05, 4.69) is 11.2 Å². The number of ether oxygens (including phenoxy) is 2. The number of dihydropyridines is 1. The fourth-order valence-electron chi connectivity index (χ4n) is 3.15. The monoisotopic (exact) mass is 353 g/mol. The van der Waals surface area contributed by atoms with Gasteiger partial charge in [-0.05, 0) is 38.8 Å². The summed E-state index contributed by atoms with van der Waals surface area (Å²) < 4.78 is 10.4. The molecule has 1 atom stereocenters. The summed E-state index contributed by atoms with van der Waals surface area (Å²) in [4.78, 5) is 25.4. The summed E-state index contributed by atoms with van der Waals surface area (Å²) in [5, 5.41) is 3.10. The van der Waals surface area contributed by atoms with Crippen LogP contribution in [0.4, 0.5) is 0 Å². The molecule has 136 valence electrons. The Labute approximate surface area is 154 Å². The smallest absolute Gasteiger partial charge is 0.337 e. The SMILES string of the molecule is C#CCOC(=O)C1=C(C)NC(C)=C(C(=O)OCC)C1c1ccccc1C. The van der Waals surface area contributed by atoms with E-state index in [1.54, 1.807) is 20.8 Å². The lowest BCUT2D eigenvalue weighted by molar-refractivity contribution is -0.139. The molecule has 0 bridgehead atoms. The van der Waals surface area contributed by atoms with Crippen LogP contribution in [-0.4, -0.2) is 25.2 Å². The number of terminal acetylenes is 1. The molecule has 2 rings (SSSR count). The van der Waals surface area contributed by atoms with E-state index in [1.807, 2.05) is 31.2 Å². The van der Waals surface area contributed by atoms with Crippen LogP contribution in [0.2, 0.25) is 0 Å². The second-order valence-corrected chi connectivity index (χ2v) is 5.99. The Bertz CT molecular complexity index is 827. The highest BCUT2D eigenvalue weighted by molar-refractivity contribution is 6.00. The average Bonchev–Trinajstić information content (AvgIpc) is 2.59. The van der Waals surface area contributed by atoms with Gasteiger partial charge >= 0.3 is 11.9 Å². The third kappa shape index (κ3) is 3.80. The first-order valence-electron chi connectivity index (χ1n) is 8.44. The highest BCUT2D eigenvalue weighted by atomic mass is 16.5. The van der Waals surface area contributed by atoms with E-state index in [0.29, 0.717) is 22.5 Å². The van der Waals surface area contributed by atoms with E-state index in [9.17, 15) is 9.59 Å². The molecule has 1 N–H and O–H groups in total. The van der Waals surface area contributed by atoms with Crippen molar-refractivity contribution in [2.75, 3.05) is 13.2 Å². The Balaban J connectivity index is 2.64. The molecule has 0 aromatic heterocycles. The number of nitrogens with one attached hydrogen (secondary N) is 1. The minimum Gasteiger partial charge on any atom is -0.463 e. The van der Waals surface area contributed by atoms with Gasteiger partial charge in [-0.2, -0.15) is 0 Å². The Kier molecular flexibility index (Phi) is 6.24. The van der Waals surface area contributed by atoms with Crippen molar-refractivity contribution >= 4 is 11.9 Å². The van der Waals surface area contributed by atoms with Crippen molar-refractivity contribution in [1.29, 1.82) is 0 Å². The van der Waals surface area contributed by atoms with Crippen LogP contribution in [-0.2, 0) is 19.1 Å². The molecule has 5 nitrogen and oxygen atoms in total. The average molecular weight is 353 g/mol. The molecule has 0 fully saturated rings. The molecule has 0 saturated carbocycles. The molecule has 1 aliphatic heterocycles. The third-order valence-corrected chi connectivity index (χ3v) is 4.26. The zero-order valence-corrected chi connectivity index (χ0v) is 15.5. The van der Waals surface area contributed by atoms with Crippen LogP contribution >= 0.6 is 0 Å². The summed E-state index contributed by atoms with van der Waals surface area (Å²) in [7, 11) is 0. The quantitative estimate of drug-likeness (QED) is 0.651. The van der Waals surface area contributed by atoms with Crippen LogP contribution < -0.4 is 5.32 Å².